The topological polar surface area (TPSA) is 72.3 Å². The van der Waals surface area contributed by atoms with Crippen LogP contribution < -0.4 is 0 Å². The first-order valence-electron chi connectivity index (χ1n) is 5.01. The smallest absolute Gasteiger partial charge is 0.360 e. The first-order valence-corrected chi connectivity index (χ1v) is 5.78. The maximum atomic E-state index is 11.6. The number of aromatic hydroxyl groups is 1. The van der Waals surface area contributed by atoms with Crippen LogP contribution in [0.1, 0.15) is 17.4 Å². The van der Waals surface area contributed by atoms with Gasteiger partial charge < -0.3 is 9.84 Å². The summed E-state index contributed by atoms with van der Waals surface area (Å²) in [7, 11) is 0. The third-order valence-corrected chi connectivity index (χ3v) is 2.84. The van der Waals surface area contributed by atoms with Gasteiger partial charge >= 0.3 is 5.97 Å². The van der Waals surface area contributed by atoms with Gasteiger partial charge in [0.05, 0.1) is 11.5 Å². The lowest BCUT2D eigenvalue weighted by molar-refractivity contribution is 0.0520. The first-order chi connectivity index (χ1) is 8.22. The van der Waals surface area contributed by atoms with Crippen LogP contribution in [-0.4, -0.2) is 27.3 Å². The number of nitrogens with zero attached hydrogens (tertiary/aromatic N) is 2. The van der Waals surface area contributed by atoms with Gasteiger partial charge in [-0.15, -0.1) is 5.10 Å². The summed E-state index contributed by atoms with van der Waals surface area (Å²) in [5.74, 6) is -0.370. The quantitative estimate of drug-likeness (QED) is 0.844. The fourth-order valence-electron chi connectivity index (χ4n) is 1.36. The molecule has 0 aliphatic carbocycles. The van der Waals surface area contributed by atoms with Crippen molar-refractivity contribution in [2.75, 3.05) is 6.61 Å². The summed E-state index contributed by atoms with van der Waals surface area (Å²) in [5, 5.41) is 13.1. The molecule has 1 aromatic carbocycles. The van der Waals surface area contributed by atoms with Crippen molar-refractivity contribution < 1.29 is 14.6 Å². The SMILES string of the molecule is CCOC(=O)c1nnsc1-c1cccc(O)c1. The van der Waals surface area contributed by atoms with Crippen LogP contribution in [-0.2, 0) is 4.74 Å². The Morgan fingerprint density at radius 2 is 2.35 bits per heavy atom. The molecule has 5 nitrogen and oxygen atoms in total. The van der Waals surface area contributed by atoms with Gasteiger partial charge in [-0.3, -0.25) is 0 Å². The van der Waals surface area contributed by atoms with Crippen LogP contribution >= 0.6 is 11.5 Å². The van der Waals surface area contributed by atoms with Crippen LogP contribution in [0.15, 0.2) is 24.3 Å². The Morgan fingerprint density at radius 1 is 1.53 bits per heavy atom. The zero-order chi connectivity index (χ0) is 12.3. The lowest BCUT2D eigenvalue weighted by atomic mass is 10.1. The van der Waals surface area contributed by atoms with Crippen LogP contribution in [0.4, 0.5) is 0 Å². The van der Waals surface area contributed by atoms with Crippen molar-refractivity contribution in [2.24, 2.45) is 0 Å². The molecule has 0 saturated carbocycles. The number of carbonyl (C=O) groups is 1. The number of benzene rings is 1. The molecule has 0 radical (unpaired) electrons. The fourth-order valence-corrected chi connectivity index (χ4v) is 2.01. The fraction of sp³-hybridized carbons (Fsp3) is 0.182. The van der Waals surface area contributed by atoms with Gasteiger partial charge in [0.15, 0.2) is 5.69 Å². The van der Waals surface area contributed by atoms with Crippen molar-refractivity contribution in [3.8, 4) is 16.2 Å². The zero-order valence-corrected chi connectivity index (χ0v) is 9.90. The molecule has 2 aromatic rings. The lowest BCUT2D eigenvalue weighted by Gasteiger charge is -2.01. The molecule has 17 heavy (non-hydrogen) atoms. The van der Waals surface area contributed by atoms with Crippen molar-refractivity contribution in [3.05, 3.63) is 30.0 Å². The summed E-state index contributed by atoms with van der Waals surface area (Å²) in [6.45, 7) is 2.02. The van der Waals surface area contributed by atoms with Gasteiger partial charge in [0.1, 0.15) is 5.75 Å². The molecule has 0 aliphatic heterocycles. The minimum atomic E-state index is -0.500. The van der Waals surface area contributed by atoms with Crippen molar-refractivity contribution in [1.29, 1.82) is 0 Å². The molecule has 0 aliphatic rings. The summed E-state index contributed by atoms with van der Waals surface area (Å²) >= 11 is 1.09. The zero-order valence-electron chi connectivity index (χ0n) is 9.08. The van der Waals surface area contributed by atoms with E-state index >= 15 is 0 Å². The minimum absolute atomic E-state index is 0.130. The van der Waals surface area contributed by atoms with Crippen molar-refractivity contribution in [2.45, 2.75) is 6.92 Å². The normalized spacial score (nSPS) is 10.2. The van der Waals surface area contributed by atoms with Crippen molar-refractivity contribution in [3.63, 3.8) is 0 Å². The molecular formula is C11H10N2O3S. The molecule has 1 heterocycles. The van der Waals surface area contributed by atoms with Crippen LogP contribution in [0.5, 0.6) is 5.75 Å². The maximum Gasteiger partial charge on any atom is 0.360 e. The molecule has 0 atom stereocenters. The Hall–Kier alpha value is -1.95. The van der Waals surface area contributed by atoms with E-state index in [2.05, 4.69) is 9.59 Å². The van der Waals surface area contributed by atoms with Crippen LogP contribution in [0.2, 0.25) is 0 Å². The van der Waals surface area contributed by atoms with Crippen molar-refractivity contribution in [1.82, 2.24) is 9.59 Å². The number of hydrogen-bond donors (Lipinski definition) is 1. The number of carbonyl (C=O) groups excluding carboxylic acids is 1. The molecule has 1 aromatic heterocycles. The Bertz CT molecular complexity index is 539. The van der Waals surface area contributed by atoms with Gasteiger partial charge in [-0.2, -0.15) is 0 Å². The summed E-state index contributed by atoms with van der Waals surface area (Å²) in [5.41, 5.74) is 0.880. The number of hydrogen-bond acceptors (Lipinski definition) is 6. The number of phenolic OH excluding ortho intramolecular Hbond substituents is 1. The number of esters is 1. The second-order valence-electron chi connectivity index (χ2n) is 3.22. The average Bonchev–Trinajstić information content (AvgIpc) is 2.78. The molecule has 6 heteroatoms. The minimum Gasteiger partial charge on any atom is -0.508 e. The third-order valence-electron chi connectivity index (χ3n) is 2.07. The Labute approximate surface area is 102 Å². The monoisotopic (exact) mass is 250 g/mol. The van der Waals surface area contributed by atoms with E-state index in [4.69, 9.17) is 4.74 Å². The lowest BCUT2D eigenvalue weighted by Crippen LogP contribution is -2.06. The van der Waals surface area contributed by atoms with E-state index in [1.165, 1.54) is 0 Å². The van der Waals surface area contributed by atoms with E-state index in [0.717, 1.165) is 11.5 Å². The Kier molecular flexibility index (Phi) is 3.34. The van der Waals surface area contributed by atoms with Gasteiger partial charge in [-0.25, -0.2) is 4.79 Å². The van der Waals surface area contributed by atoms with Gasteiger partial charge in [0.25, 0.3) is 0 Å². The molecule has 0 unspecified atom stereocenters. The standard InChI is InChI=1S/C11H10N2O3S/c1-2-16-11(15)9-10(17-13-12-9)7-4-3-5-8(14)6-7/h3-6,14H,2H2,1H3. The van der Waals surface area contributed by atoms with Crippen molar-refractivity contribution >= 4 is 17.5 Å². The maximum absolute atomic E-state index is 11.6. The highest BCUT2D eigenvalue weighted by Gasteiger charge is 2.18. The largest absolute Gasteiger partial charge is 0.508 e. The Morgan fingerprint density at radius 3 is 3.06 bits per heavy atom. The molecule has 0 amide bonds. The number of aromatic nitrogens is 2. The highest BCUT2D eigenvalue weighted by atomic mass is 32.1. The highest BCUT2D eigenvalue weighted by Crippen LogP contribution is 2.28. The second-order valence-corrected chi connectivity index (χ2v) is 3.98. The first kappa shape index (κ1) is 11.5. The molecule has 0 spiro atoms. The van der Waals surface area contributed by atoms with Gasteiger partial charge in [-0.1, -0.05) is 16.6 Å². The number of phenols is 1. The van der Waals surface area contributed by atoms with E-state index in [1.807, 2.05) is 0 Å². The molecule has 0 fully saturated rings. The van der Waals surface area contributed by atoms with Crippen LogP contribution in [0.25, 0.3) is 10.4 Å². The molecule has 2 rings (SSSR count). The Balaban J connectivity index is 2.40. The summed E-state index contributed by atoms with van der Waals surface area (Å²) in [6.07, 6.45) is 0. The van der Waals surface area contributed by atoms with E-state index in [1.54, 1.807) is 31.2 Å². The third kappa shape index (κ3) is 2.42. The summed E-state index contributed by atoms with van der Waals surface area (Å²) < 4.78 is 8.62. The average molecular weight is 250 g/mol. The summed E-state index contributed by atoms with van der Waals surface area (Å²) in [4.78, 5) is 12.2. The summed E-state index contributed by atoms with van der Waals surface area (Å²) in [6, 6.07) is 6.58. The van der Waals surface area contributed by atoms with E-state index in [0.29, 0.717) is 10.4 Å². The highest BCUT2D eigenvalue weighted by molar-refractivity contribution is 7.09. The predicted molar refractivity (Wildman–Crippen MR) is 63.0 cm³/mol. The van der Waals surface area contributed by atoms with Crippen LogP contribution in [0.3, 0.4) is 0 Å². The van der Waals surface area contributed by atoms with E-state index in [-0.39, 0.29) is 18.1 Å². The molecule has 88 valence electrons. The second kappa shape index (κ2) is 4.92. The number of ether oxygens (including phenoxy) is 1. The molecular weight excluding hydrogens is 240 g/mol. The van der Waals surface area contributed by atoms with E-state index in [9.17, 15) is 9.90 Å². The van der Waals surface area contributed by atoms with Gasteiger partial charge in [0, 0.05) is 0 Å². The molecule has 0 bridgehead atoms. The molecule has 1 N–H and O–H groups in total. The van der Waals surface area contributed by atoms with Gasteiger partial charge in [-0.05, 0) is 36.2 Å². The van der Waals surface area contributed by atoms with Gasteiger partial charge in [0.2, 0.25) is 0 Å². The van der Waals surface area contributed by atoms with Crippen LogP contribution in [0, 0.1) is 0 Å². The number of rotatable bonds is 3. The molecule has 0 saturated heterocycles. The predicted octanol–water partition coefficient (Wildman–Crippen LogP) is 2.09. The van der Waals surface area contributed by atoms with E-state index < -0.39 is 5.97 Å².